The van der Waals surface area contributed by atoms with Crippen LogP contribution < -0.4 is 4.74 Å². The summed E-state index contributed by atoms with van der Waals surface area (Å²) in [6, 6.07) is 10.8. The number of sulfonamides is 1. The number of hydrogen-bond acceptors (Lipinski definition) is 6. The van der Waals surface area contributed by atoms with Gasteiger partial charge < -0.3 is 9.84 Å². The summed E-state index contributed by atoms with van der Waals surface area (Å²) < 4.78 is 35.2. The zero-order valence-electron chi connectivity index (χ0n) is 20.2. The van der Waals surface area contributed by atoms with Crippen molar-refractivity contribution in [3.05, 3.63) is 59.9 Å². The number of hydrogen-bond donors (Lipinski definition) is 1. The fraction of sp³-hybridized carbons (Fsp3) is 0.500. The van der Waals surface area contributed by atoms with Gasteiger partial charge in [-0.05, 0) is 68.6 Å². The lowest BCUT2D eigenvalue weighted by Crippen LogP contribution is -2.49. The molecule has 184 valence electrons. The van der Waals surface area contributed by atoms with Crippen molar-refractivity contribution in [2.75, 3.05) is 26.7 Å². The quantitative estimate of drug-likeness (QED) is 0.646. The van der Waals surface area contributed by atoms with E-state index >= 15 is 0 Å². The van der Waals surface area contributed by atoms with Gasteiger partial charge in [-0.3, -0.25) is 9.88 Å². The average Bonchev–Trinajstić information content (AvgIpc) is 3.36. The standard InChI is InChI=1S/C26H35N3O4S/c1-19-15-29(20(2)18-30)34(31,32)26-12-11-22(21-8-4-5-9-21)14-24(26)33-25(19)17-28(3)16-23-10-6-7-13-27-23/h6-8,10-14,19-20,25,30H,4-5,9,15-18H2,1-3H3/t19-,20+,25-/m0/s1. The molecule has 0 radical (unpaired) electrons. The van der Waals surface area contributed by atoms with Crippen molar-refractivity contribution in [3.63, 3.8) is 0 Å². The highest BCUT2D eigenvalue weighted by Gasteiger charge is 2.38. The number of fused-ring (bicyclic) bond motifs is 1. The first-order valence-corrected chi connectivity index (χ1v) is 13.4. The summed E-state index contributed by atoms with van der Waals surface area (Å²) >= 11 is 0. The van der Waals surface area contributed by atoms with Gasteiger partial charge in [-0.2, -0.15) is 4.31 Å². The van der Waals surface area contributed by atoms with E-state index in [-0.39, 0.29) is 30.1 Å². The minimum absolute atomic E-state index is 0.0857. The number of rotatable bonds is 7. The van der Waals surface area contributed by atoms with Crippen LogP contribution >= 0.6 is 0 Å². The Morgan fingerprint density at radius 1 is 1.29 bits per heavy atom. The summed E-state index contributed by atoms with van der Waals surface area (Å²) in [5.74, 6) is 0.306. The van der Waals surface area contributed by atoms with E-state index < -0.39 is 16.1 Å². The molecule has 0 fully saturated rings. The summed E-state index contributed by atoms with van der Waals surface area (Å²) in [6.07, 6.45) is 6.93. The molecule has 0 saturated heterocycles. The first-order chi connectivity index (χ1) is 16.3. The molecule has 2 aliphatic rings. The zero-order valence-corrected chi connectivity index (χ0v) is 21.0. The maximum atomic E-state index is 13.6. The monoisotopic (exact) mass is 485 g/mol. The number of nitrogens with zero attached hydrogens (tertiary/aromatic N) is 3. The van der Waals surface area contributed by atoms with Crippen LogP contribution in [0, 0.1) is 5.92 Å². The second kappa shape index (κ2) is 10.6. The molecule has 1 aromatic heterocycles. The van der Waals surface area contributed by atoms with Crippen LogP contribution in [0.4, 0.5) is 0 Å². The van der Waals surface area contributed by atoms with Crippen LogP contribution in [0.15, 0.2) is 53.6 Å². The smallest absolute Gasteiger partial charge is 0.247 e. The van der Waals surface area contributed by atoms with Gasteiger partial charge in [-0.1, -0.05) is 25.1 Å². The minimum Gasteiger partial charge on any atom is -0.487 e. The second-order valence-electron chi connectivity index (χ2n) is 9.54. The van der Waals surface area contributed by atoms with E-state index in [0.717, 1.165) is 30.5 Å². The van der Waals surface area contributed by atoms with Crippen molar-refractivity contribution in [1.82, 2.24) is 14.2 Å². The predicted octanol–water partition coefficient (Wildman–Crippen LogP) is 3.55. The Hall–Kier alpha value is -2.26. The summed E-state index contributed by atoms with van der Waals surface area (Å²) in [5.41, 5.74) is 3.22. The number of likely N-dealkylation sites (N-methyl/N-ethyl adjacent to an activating group) is 1. The van der Waals surface area contributed by atoms with Gasteiger partial charge in [0.25, 0.3) is 0 Å². The number of aliphatic hydroxyl groups excluding tert-OH is 1. The Morgan fingerprint density at radius 3 is 2.79 bits per heavy atom. The van der Waals surface area contributed by atoms with E-state index in [0.29, 0.717) is 18.8 Å². The Bertz CT molecular complexity index is 1120. The van der Waals surface area contributed by atoms with Crippen LogP contribution in [-0.2, 0) is 16.6 Å². The number of aromatic nitrogens is 1. The van der Waals surface area contributed by atoms with Crippen LogP contribution in [0.3, 0.4) is 0 Å². The third-order valence-electron chi connectivity index (χ3n) is 6.73. The lowest BCUT2D eigenvalue weighted by molar-refractivity contribution is 0.0730. The van der Waals surface area contributed by atoms with Gasteiger partial charge in [0.1, 0.15) is 16.7 Å². The molecule has 34 heavy (non-hydrogen) atoms. The molecule has 8 heteroatoms. The van der Waals surface area contributed by atoms with Gasteiger partial charge in [-0.25, -0.2) is 8.42 Å². The molecular weight excluding hydrogens is 450 g/mol. The molecule has 2 heterocycles. The molecule has 1 aliphatic carbocycles. The molecule has 1 aromatic carbocycles. The topological polar surface area (TPSA) is 83.0 Å². The number of benzene rings is 1. The van der Waals surface area contributed by atoms with Gasteiger partial charge in [0.2, 0.25) is 10.0 Å². The third-order valence-corrected chi connectivity index (χ3v) is 8.75. The minimum atomic E-state index is -3.82. The van der Waals surface area contributed by atoms with E-state index in [1.54, 1.807) is 19.2 Å². The molecule has 0 amide bonds. The highest BCUT2D eigenvalue weighted by molar-refractivity contribution is 7.89. The molecule has 0 saturated carbocycles. The Balaban J connectivity index is 1.69. The van der Waals surface area contributed by atoms with Gasteiger partial charge in [0.15, 0.2) is 0 Å². The maximum Gasteiger partial charge on any atom is 0.247 e. The zero-order chi connectivity index (χ0) is 24.3. The first kappa shape index (κ1) is 24.9. The molecule has 0 spiro atoms. The molecule has 3 atom stereocenters. The highest BCUT2D eigenvalue weighted by Crippen LogP contribution is 2.37. The number of aliphatic hydroxyl groups is 1. The van der Waals surface area contributed by atoms with Gasteiger partial charge in [0, 0.05) is 37.8 Å². The third kappa shape index (κ3) is 5.35. The van der Waals surface area contributed by atoms with Crippen LogP contribution in [0.25, 0.3) is 5.57 Å². The van der Waals surface area contributed by atoms with Gasteiger partial charge in [-0.15, -0.1) is 0 Å². The molecule has 7 nitrogen and oxygen atoms in total. The van der Waals surface area contributed by atoms with Crippen LogP contribution in [0.1, 0.15) is 44.4 Å². The van der Waals surface area contributed by atoms with Crippen LogP contribution in [-0.4, -0.2) is 66.6 Å². The lowest BCUT2D eigenvalue weighted by atomic mass is 10.0. The molecular formula is C26H35N3O4S. The SMILES string of the molecule is C[C@H](CO)N1C[C@H](C)[C@H](CN(C)Cc2ccccn2)Oc2cc(C3=CCCC3)ccc2S1(=O)=O. The number of pyridine rings is 1. The van der Waals surface area contributed by atoms with E-state index in [1.807, 2.05) is 44.3 Å². The Labute approximate surface area is 203 Å². The molecule has 2 aromatic rings. The lowest BCUT2D eigenvalue weighted by Gasteiger charge is -2.37. The molecule has 0 bridgehead atoms. The molecule has 4 rings (SSSR count). The van der Waals surface area contributed by atoms with E-state index in [2.05, 4.69) is 16.0 Å². The summed E-state index contributed by atoms with van der Waals surface area (Å²) in [4.78, 5) is 6.74. The Kier molecular flexibility index (Phi) is 7.72. The van der Waals surface area contributed by atoms with E-state index in [1.165, 1.54) is 9.88 Å². The number of allylic oxidation sites excluding steroid dienone is 2. The maximum absolute atomic E-state index is 13.6. The normalized spacial score (nSPS) is 23.5. The van der Waals surface area contributed by atoms with E-state index in [4.69, 9.17) is 4.74 Å². The molecule has 0 unspecified atom stereocenters. The summed E-state index contributed by atoms with van der Waals surface area (Å²) in [7, 11) is -1.80. The summed E-state index contributed by atoms with van der Waals surface area (Å²) in [6.45, 7) is 5.08. The van der Waals surface area contributed by atoms with Crippen molar-refractivity contribution < 1.29 is 18.3 Å². The Morgan fingerprint density at radius 2 is 2.12 bits per heavy atom. The fourth-order valence-electron chi connectivity index (χ4n) is 4.72. The highest BCUT2D eigenvalue weighted by atomic mass is 32.2. The van der Waals surface area contributed by atoms with Crippen molar-refractivity contribution in [3.8, 4) is 5.75 Å². The van der Waals surface area contributed by atoms with Crippen LogP contribution in [0.5, 0.6) is 5.75 Å². The van der Waals surface area contributed by atoms with Crippen molar-refractivity contribution in [2.45, 2.75) is 56.7 Å². The van der Waals surface area contributed by atoms with Crippen molar-refractivity contribution in [2.24, 2.45) is 5.92 Å². The summed E-state index contributed by atoms with van der Waals surface area (Å²) in [5, 5.41) is 9.82. The second-order valence-corrected chi connectivity index (χ2v) is 11.4. The molecule has 1 N–H and O–H groups in total. The number of ether oxygens (including phenoxy) is 1. The largest absolute Gasteiger partial charge is 0.487 e. The first-order valence-electron chi connectivity index (χ1n) is 12.0. The van der Waals surface area contributed by atoms with Gasteiger partial charge in [0.05, 0.1) is 12.3 Å². The fourth-order valence-corrected chi connectivity index (χ4v) is 6.54. The average molecular weight is 486 g/mol. The molecule has 1 aliphatic heterocycles. The van der Waals surface area contributed by atoms with Crippen molar-refractivity contribution in [1.29, 1.82) is 0 Å². The van der Waals surface area contributed by atoms with Gasteiger partial charge >= 0.3 is 0 Å². The predicted molar refractivity (Wildman–Crippen MR) is 133 cm³/mol. The van der Waals surface area contributed by atoms with Crippen molar-refractivity contribution >= 4 is 15.6 Å². The van der Waals surface area contributed by atoms with Crippen LogP contribution in [0.2, 0.25) is 0 Å². The van der Waals surface area contributed by atoms with E-state index in [9.17, 15) is 13.5 Å².